The maximum atomic E-state index is 13.4. The van der Waals surface area contributed by atoms with Crippen LogP contribution < -0.4 is 0 Å². The number of H-pyrrole nitrogens is 1. The molecule has 2 N–H and O–H groups in total. The highest BCUT2D eigenvalue weighted by Gasteiger charge is 2.39. The van der Waals surface area contributed by atoms with Crippen LogP contribution in [0.15, 0.2) is 42.6 Å². The Balaban J connectivity index is 1.19. The lowest BCUT2D eigenvalue weighted by molar-refractivity contribution is -0.208. The van der Waals surface area contributed by atoms with Crippen molar-refractivity contribution in [1.29, 1.82) is 0 Å². The van der Waals surface area contributed by atoms with Gasteiger partial charge < -0.3 is 10.0 Å². The smallest absolute Gasteiger partial charge is 0.382 e. The van der Waals surface area contributed by atoms with Gasteiger partial charge in [-0.3, -0.25) is 5.10 Å². The molecule has 1 saturated heterocycles. The summed E-state index contributed by atoms with van der Waals surface area (Å²) in [5, 5.41) is 25.5. The molecule has 7 nitrogen and oxygen atoms in total. The Kier molecular flexibility index (Phi) is 5.98. The number of nitrogens with zero attached hydrogens (tertiary/aromatic N) is 5. The maximum Gasteiger partial charge on any atom is 0.415 e. The van der Waals surface area contributed by atoms with Gasteiger partial charge in [0.25, 0.3) is 0 Å². The van der Waals surface area contributed by atoms with Gasteiger partial charge in [-0.25, -0.2) is 9.07 Å². The fraction of sp³-hybridized carbons (Fsp3) is 0.435. The molecule has 2 atom stereocenters. The molecule has 1 aliphatic carbocycles. The van der Waals surface area contributed by atoms with Gasteiger partial charge in [-0.05, 0) is 68.5 Å². The van der Waals surface area contributed by atoms with E-state index >= 15 is 0 Å². The largest absolute Gasteiger partial charge is 0.415 e. The third kappa shape index (κ3) is 4.62. The summed E-state index contributed by atoms with van der Waals surface area (Å²) in [4.78, 5) is 1.69. The Morgan fingerprint density at radius 1 is 1.21 bits per heavy atom. The zero-order chi connectivity index (χ0) is 23.9. The number of benzene rings is 1. The standard InChI is InChI=1S/C23H24F4N6O/c24-16-3-6-18-19(11-16)28-30-22(18)20-12-33(31-29-20)17-4-1-14(2-5-17)15-7-9-32(10-8-15)13-21(34)23(25,26)27/h1,3-6,11-12,14-15,21,34H,2,7-10,13H2,(H,28,30)/t14-,21?/m1/s1. The molecule has 0 radical (unpaired) electrons. The molecular weight excluding hydrogens is 452 g/mol. The average Bonchev–Trinajstić information content (AvgIpc) is 3.46. The van der Waals surface area contributed by atoms with E-state index in [-0.39, 0.29) is 12.4 Å². The first-order valence-electron chi connectivity index (χ1n) is 11.2. The predicted octanol–water partition coefficient (Wildman–Crippen LogP) is 4.01. The van der Waals surface area contributed by atoms with Crippen molar-refractivity contribution < 1.29 is 22.7 Å². The highest BCUT2D eigenvalue weighted by Crippen LogP contribution is 2.33. The van der Waals surface area contributed by atoms with E-state index < -0.39 is 12.3 Å². The summed E-state index contributed by atoms with van der Waals surface area (Å²) in [6.45, 7) is 0.731. The molecular formula is C23H24F4N6O. The lowest BCUT2D eigenvalue weighted by Crippen LogP contribution is -2.44. The molecule has 5 rings (SSSR count). The molecule has 1 fully saturated rings. The second-order valence-electron chi connectivity index (χ2n) is 8.89. The average molecular weight is 476 g/mol. The van der Waals surface area contributed by atoms with Crippen LogP contribution in [0.3, 0.4) is 0 Å². The van der Waals surface area contributed by atoms with Gasteiger partial charge in [0.1, 0.15) is 17.2 Å². The topological polar surface area (TPSA) is 82.9 Å². The molecule has 3 heterocycles. The number of piperidine rings is 1. The van der Waals surface area contributed by atoms with Gasteiger partial charge in [-0.1, -0.05) is 17.4 Å². The number of allylic oxidation sites excluding steroid dienone is 4. The van der Waals surface area contributed by atoms with Gasteiger partial charge in [-0.15, -0.1) is 5.10 Å². The van der Waals surface area contributed by atoms with Gasteiger partial charge >= 0.3 is 6.18 Å². The normalized spacial score (nSPS) is 21.2. The van der Waals surface area contributed by atoms with Crippen molar-refractivity contribution in [1.82, 2.24) is 30.1 Å². The molecule has 2 aliphatic rings. The summed E-state index contributed by atoms with van der Waals surface area (Å²) in [5.41, 5.74) is 2.64. The molecule has 180 valence electrons. The van der Waals surface area contributed by atoms with E-state index in [1.807, 2.05) is 6.08 Å². The number of aromatic amines is 1. The molecule has 0 amide bonds. The number of aliphatic hydroxyl groups is 1. The SMILES string of the molecule is OC(CN1CCC([C@@H]2C=CC(n3cc(-c4n[nH]c5cc(F)ccc45)nn3)=CC2)CC1)C(F)(F)F. The predicted molar refractivity (Wildman–Crippen MR) is 118 cm³/mol. The zero-order valence-electron chi connectivity index (χ0n) is 18.2. The molecule has 34 heavy (non-hydrogen) atoms. The van der Waals surface area contributed by atoms with Crippen molar-refractivity contribution >= 4 is 16.6 Å². The molecule has 2 aromatic heterocycles. The number of hydrogen-bond acceptors (Lipinski definition) is 5. The van der Waals surface area contributed by atoms with Gasteiger partial charge in [-0.2, -0.15) is 18.3 Å². The molecule has 3 aromatic rings. The number of hydrogen-bond donors (Lipinski definition) is 2. The minimum absolute atomic E-state index is 0.312. The second kappa shape index (κ2) is 8.95. The van der Waals surface area contributed by atoms with Gasteiger partial charge in [0, 0.05) is 11.9 Å². The zero-order valence-corrected chi connectivity index (χ0v) is 18.2. The first-order chi connectivity index (χ1) is 16.3. The van der Waals surface area contributed by atoms with Crippen LogP contribution in [0.4, 0.5) is 17.6 Å². The Hall–Kier alpha value is -3.05. The van der Waals surface area contributed by atoms with Crippen LogP contribution in [0.2, 0.25) is 0 Å². The first-order valence-corrected chi connectivity index (χ1v) is 11.2. The molecule has 0 bridgehead atoms. The molecule has 11 heteroatoms. The van der Waals surface area contributed by atoms with Crippen LogP contribution in [-0.4, -0.2) is 67.1 Å². The van der Waals surface area contributed by atoms with Gasteiger partial charge in [0.15, 0.2) is 6.10 Å². The number of fused-ring (bicyclic) bond motifs is 1. The third-order valence-corrected chi connectivity index (χ3v) is 6.69. The van der Waals surface area contributed by atoms with Crippen molar-refractivity contribution in [2.45, 2.75) is 31.5 Å². The number of β-amino-alcohol motifs (C(OH)–C–C–N with tert-alkyl or cyclic N) is 1. The Morgan fingerprint density at radius 3 is 2.71 bits per heavy atom. The number of likely N-dealkylation sites (tertiary alicyclic amines) is 1. The number of aromatic nitrogens is 5. The van der Waals surface area contributed by atoms with Crippen LogP contribution in [-0.2, 0) is 0 Å². The van der Waals surface area contributed by atoms with Crippen molar-refractivity contribution in [3.63, 3.8) is 0 Å². The van der Waals surface area contributed by atoms with Gasteiger partial charge in [0.05, 0.1) is 17.4 Å². The Bertz CT molecular complexity index is 1220. The fourth-order valence-corrected chi connectivity index (χ4v) is 4.74. The first kappa shape index (κ1) is 22.7. The van der Waals surface area contributed by atoms with E-state index in [1.165, 1.54) is 12.1 Å². The van der Waals surface area contributed by atoms with E-state index in [2.05, 4.69) is 32.7 Å². The quantitative estimate of drug-likeness (QED) is 0.544. The van der Waals surface area contributed by atoms with Crippen LogP contribution in [0.5, 0.6) is 0 Å². The van der Waals surface area contributed by atoms with Crippen LogP contribution in [0.1, 0.15) is 19.3 Å². The van der Waals surface area contributed by atoms with Crippen LogP contribution >= 0.6 is 0 Å². The van der Waals surface area contributed by atoms with Crippen molar-refractivity contribution in [3.05, 3.63) is 48.4 Å². The van der Waals surface area contributed by atoms with E-state index in [1.54, 1.807) is 21.8 Å². The highest BCUT2D eigenvalue weighted by molar-refractivity contribution is 5.91. The maximum absolute atomic E-state index is 13.4. The van der Waals surface area contributed by atoms with E-state index in [4.69, 9.17) is 0 Å². The number of rotatable bonds is 5. The van der Waals surface area contributed by atoms with Crippen LogP contribution in [0.25, 0.3) is 28.0 Å². The monoisotopic (exact) mass is 476 g/mol. The second-order valence-corrected chi connectivity index (χ2v) is 8.89. The minimum atomic E-state index is -4.58. The number of nitrogens with one attached hydrogen (secondary N) is 1. The molecule has 0 saturated carbocycles. The minimum Gasteiger partial charge on any atom is -0.382 e. The lowest BCUT2D eigenvalue weighted by atomic mass is 9.80. The Morgan fingerprint density at radius 2 is 2.00 bits per heavy atom. The highest BCUT2D eigenvalue weighted by atomic mass is 19.4. The van der Waals surface area contributed by atoms with Crippen molar-refractivity contribution in [2.75, 3.05) is 19.6 Å². The van der Waals surface area contributed by atoms with E-state index in [0.717, 1.165) is 30.3 Å². The van der Waals surface area contributed by atoms with Crippen molar-refractivity contribution in [3.8, 4) is 11.4 Å². The third-order valence-electron chi connectivity index (χ3n) is 6.69. The lowest BCUT2D eigenvalue weighted by Gasteiger charge is -2.36. The fourth-order valence-electron chi connectivity index (χ4n) is 4.74. The summed E-state index contributed by atoms with van der Waals surface area (Å²) in [5.74, 6) is 0.352. The van der Waals surface area contributed by atoms with Crippen molar-refractivity contribution in [2.24, 2.45) is 11.8 Å². The van der Waals surface area contributed by atoms with Crippen LogP contribution in [0, 0.1) is 17.7 Å². The number of aliphatic hydroxyl groups excluding tert-OH is 1. The summed E-state index contributed by atoms with van der Waals surface area (Å²) in [6.07, 6.45) is 3.51. The molecule has 1 aliphatic heterocycles. The summed E-state index contributed by atoms with van der Waals surface area (Å²) < 4.78 is 52.9. The van der Waals surface area contributed by atoms with E-state index in [9.17, 15) is 22.7 Å². The molecule has 0 spiro atoms. The summed E-state index contributed by atoms with van der Waals surface area (Å²) in [6, 6.07) is 4.41. The summed E-state index contributed by atoms with van der Waals surface area (Å²) >= 11 is 0. The molecule has 1 aromatic carbocycles. The number of alkyl halides is 3. The van der Waals surface area contributed by atoms with Gasteiger partial charge in [0.2, 0.25) is 0 Å². The number of halogens is 4. The molecule has 1 unspecified atom stereocenters. The van der Waals surface area contributed by atoms with E-state index in [0.29, 0.717) is 41.8 Å². The Labute approximate surface area is 192 Å². The summed E-state index contributed by atoms with van der Waals surface area (Å²) in [7, 11) is 0.